The molecule has 1 fully saturated rings. The van der Waals surface area contributed by atoms with Crippen LogP contribution in [-0.4, -0.2) is 46.2 Å². The molecule has 3 rings (SSSR count). The lowest BCUT2D eigenvalue weighted by molar-refractivity contribution is 0.0625. The zero-order valence-corrected chi connectivity index (χ0v) is 12.5. The van der Waals surface area contributed by atoms with Gasteiger partial charge in [-0.25, -0.2) is 4.98 Å². The van der Waals surface area contributed by atoms with Crippen LogP contribution in [-0.2, 0) is 0 Å². The lowest BCUT2D eigenvalue weighted by Gasteiger charge is -2.39. The molecular weight excluding hydrogens is 284 g/mol. The van der Waals surface area contributed by atoms with Gasteiger partial charge in [-0.1, -0.05) is 0 Å². The lowest BCUT2D eigenvalue weighted by Crippen LogP contribution is -2.57. The fourth-order valence-corrected chi connectivity index (χ4v) is 2.64. The third-order valence-corrected chi connectivity index (χ3v) is 4.16. The fourth-order valence-electron chi connectivity index (χ4n) is 2.23. The number of aromatic nitrogens is 2. The molecule has 21 heavy (non-hydrogen) atoms. The molecule has 2 heterocycles. The average molecular weight is 300 g/mol. The molecule has 0 saturated carbocycles. The summed E-state index contributed by atoms with van der Waals surface area (Å²) in [4.78, 5) is 23.5. The molecule has 2 aromatic rings. The van der Waals surface area contributed by atoms with Crippen molar-refractivity contribution < 1.29 is 4.79 Å². The topological polar surface area (TPSA) is 58.1 Å². The van der Waals surface area contributed by atoms with Crippen molar-refractivity contribution in [2.24, 2.45) is 0 Å². The highest BCUT2D eigenvalue weighted by Gasteiger charge is 2.31. The Morgan fingerprint density at radius 2 is 2.05 bits per heavy atom. The first-order valence-corrected chi connectivity index (χ1v) is 7.94. The molecule has 5 nitrogen and oxygen atoms in total. The van der Waals surface area contributed by atoms with Crippen LogP contribution in [0.5, 0.6) is 0 Å². The molecule has 1 aromatic carbocycles. The van der Waals surface area contributed by atoms with Gasteiger partial charge < -0.3 is 10.2 Å². The third kappa shape index (κ3) is 3.16. The van der Waals surface area contributed by atoms with E-state index >= 15 is 0 Å². The van der Waals surface area contributed by atoms with Crippen molar-refractivity contribution in [3.8, 4) is 0 Å². The van der Waals surface area contributed by atoms with Gasteiger partial charge in [-0.2, -0.15) is 0 Å². The standard InChI is InChI=1S/C15H16N4OS/c1-21-13-4-2-11(3-5-13)15(20)19-9-12(10-19)18-14-8-16-6-7-17-14/h2-8,12H,9-10H2,1H3,(H,17,18). The van der Waals surface area contributed by atoms with Gasteiger partial charge >= 0.3 is 0 Å². The van der Waals surface area contributed by atoms with E-state index in [9.17, 15) is 4.79 Å². The van der Waals surface area contributed by atoms with Crippen LogP contribution in [0.2, 0.25) is 0 Å². The molecule has 1 aliphatic rings. The number of amides is 1. The van der Waals surface area contributed by atoms with Crippen molar-refractivity contribution in [3.63, 3.8) is 0 Å². The Morgan fingerprint density at radius 1 is 1.29 bits per heavy atom. The van der Waals surface area contributed by atoms with E-state index in [2.05, 4.69) is 15.3 Å². The third-order valence-electron chi connectivity index (χ3n) is 3.42. The van der Waals surface area contributed by atoms with Crippen LogP contribution in [0.15, 0.2) is 47.8 Å². The number of rotatable bonds is 4. The number of carbonyl (C=O) groups excluding carboxylic acids is 1. The molecule has 0 spiro atoms. The Hall–Kier alpha value is -2.08. The summed E-state index contributed by atoms with van der Waals surface area (Å²) in [7, 11) is 0. The zero-order valence-electron chi connectivity index (χ0n) is 11.7. The number of thioether (sulfide) groups is 1. The number of anilines is 1. The van der Waals surface area contributed by atoms with E-state index in [0.717, 1.165) is 16.3 Å². The maximum absolute atomic E-state index is 12.3. The Morgan fingerprint density at radius 3 is 2.67 bits per heavy atom. The molecule has 0 aliphatic carbocycles. The highest BCUT2D eigenvalue weighted by Crippen LogP contribution is 2.19. The molecule has 1 saturated heterocycles. The van der Waals surface area contributed by atoms with E-state index in [1.54, 1.807) is 30.4 Å². The molecular formula is C15H16N4OS. The fraction of sp³-hybridized carbons (Fsp3) is 0.267. The quantitative estimate of drug-likeness (QED) is 0.877. The Bertz CT molecular complexity index is 611. The van der Waals surface area contributed by atoms with Crippen molar-refractivity contribution in [1.29, 1.82) is 0 Å². The van der Waals surface area contributed by atoms with Gasteiger partial charge in [0.15, 0.2) is 0 Å². The minimum atomic E-state index is 0.0832. The molecule has 0 unspecified atom stereocenters. The van der Waals surface area contributed by atoms with Gasteiger partial charge in [0.05, 0.1) is 12.2 Å². The predicted molar refractivity (Wildman–Crippen MR) is 83.6 cm³/mol. The van der Waals surface area contributed by atoms with Crippen LogP contribution in [0, 0.1) is 0 Å². The number of carbonyl (C=O) groups is 1. The molecule has 0 atom stereocenters. The first kappa shape index (κ1) is 13.9. The maximum atomic E-state index is 12.3. The monoisotopic (exact) mass is 300 g/mol. The van der Waals surface area contributed by atoms with Crippen LogP contribution in [0.1, 0.15) is 10.4 Å². The normalized spacial score (nSPS) is 14.6. The number of nitrogens with one attached hydrogen (secondary N) is 1. The van der Waals surface area contributed by atoms with Gasteiger partial charge in [-0.3, -0.25) is 9.78 Å². The van der Waals surface area contributed by atoms with Crippen molar-refractivity contribution in [2.45, 2.75) is 10.9 Å². The zero-order chi connectivity index (χ0) is 14.7. The molecule has 1 N–H and O–H groups in total. The van der Waals surface area contributed by atoms with Crippen molar-refractivity contribution >= 4 is 23.5 Å². The van der Waals surface area contributed by atoms with Crippen LogP contribution in [0.3, 0.4) is 0 Å². The van der Waals surface area contributed by atoms with Crippen molar-refractivity contribution in [3.05, 3.63) is 48.4 Å². The van der Waals surface area contributed by atoms with Gasteiger partial charge in [-0.15, -0.1) is 11.8 Å². The Balaban J connectivity index is 1.54. The number of hydrogen-bond donors (Lipinski definition) is 1. The Kier molecular flexibility index (Phi) is 4.06. The van der Waals surface area contributed by atoms with Gasteiger partial charge in [0.2, 0.25) is 0 Å². The number of benzene rings is 1. The van der Waals surface area contributed by atoms with E-state index in [1.807, 2.05) is 35.4 Å². The molecule has 0 bridgehead atoms. The molecule has 108 valence electrons. The summed E-state index contributed by atoms with van der Waals surface area (Å²) in [6.45, 7) is 1.39. The lowest BCUT2D eigenvalue weighted by atomic mass is 10.1. The first-order valence-electron chi connectivity index (χ1n) is 6.72. The molecule has 1 amide bonds. The number of hydrogen-bond acceptors (Lipinski definition) is 5. The summed E-state index contributed by atoms with van der Waals surface area (Å²) in [5.74, 6) is 0.832. The summed E-state index contributed by atoms with van der Waals surface area (Å²) in [5.41, 5.74) is 0.741. The SMILES string of the molecule is CSc1ccc(C(=O)N2CC(Nc3cnccn3)C2)cc1. The largest absolute Gasteiger partial charge is 0.362 e. The van der Waals surface area contributed by atoms with Gasteiger partial charge in [-0.05, 0) is 30.5 Å². The average Bonchev–Trinajstić information content (AvgIpc) is 2.51. The van der Waals surface area contributed by atoms with E-state index in [-0.39, 0.29) is 11.9 Å². The van der Waals surface area contributed by atoms with Gasteiger partial charge in [0, 0.05) is 35.9 Å². The summed E-state index contributed by atoms with van der Waals surface area (Å²) >= 11 is 1.67. The summed E-state index contributed by atoms with van der Waals surface area (Å²) < 4.78 is 0. The van der Waals surface area contributed by atoms with Crippen LogP contribution >= 0.6 is 11.8 Å². The van der Waals surface area contributed by atoms with Crippen LogP contribution < -0.4 is 5.32 Å². The second-order valence-corrected chi connectivity index (χ2v) is 5.75. The summed E-state index contributed by atoms with van der Waals surface area (Å²) in [5, 5.41) is 3.26. The van der Waals surface area contributed by atoms with E-state index in [1.165, 1.54) is 0 Å². The minimum absolute atomic E-state index is 0.0832. The van der Waals surface area contributed by atoms with Crippen LogP contribution in [0.25, 0.3) is 0 Å². The molecule has 0 radical (unpaired) electrons. The van der Waals surface area contributed by atoms with Crippen molar-refractivity contribution in [1.82, 2.24) is 14.9 Å². The van der Waals surface area contributed by atoms with Gasteiger partial charge in [0.1, 0.15) is 5.82 Å². The second kappa shape index (κ2) is 6.13. The summed E-state index contributed by atoms with van der Waals surface area (Å²) in [6.07, 6.45) is 7.00. The van der Waals surface area contributed by atoms with Crippen LogP contribution in [0.4, 0.5) is 5.82 Å². The van der Waals surface area contributed by atoms with Crippen molar-refractivity contribution in [2.75, 3.05) is 24.7 Å². The molecule has 1 aromatic heterocycles. The first-order chi connectivity index (χ1) is 10.3. The second-order valence-electron chi connectivity index (χ2n) is 4.87. The van der Waals surface area contributed by atoms with Gasteiger partial charge in [0.25, 0.3) is 5.91 Å². The molecule has 6 heteroatoms. The Labute approximate surface area is 127 Å². The van der Waals surface area contributed by atoms with E-state index in [4.69, 9.17) is 0 Å². The summed E-state index contributed by atoms with van der Waals surface area (Å²) in [6, 6.07) is 7.98. The number of likely N-dealkylation sites (tertiary alicyclic amines) is 1. The highest BCUT2D eigenvalue weighted by molar-refractivity contribution is 7.98. The minimum Gasteiger partial charge on any atom is -0.362 e. The highest BCUT2D eigenvalue weighted by atomic mass is 32.2. The number of nitrogens with zero attached hydrogens (tertiary/aromatic N) is 3. The smallest absolute Gasteiger partial charge is 0.253 e. The predicted octanol–water partition coefficient (Wildman–Crippen LogP) is 2.13. The maximum Gasteiger partial charge on any atom is 0.253 e. The van der Waals surface area contributed by atoms with E-state index in [0.29, 0.717) is 13.1 Å². The van der Waals surface area contributed by atoms with E-state index < -0.39 is 0 Å². The molecule has 1 aliphatic heterocycles.